The van der Waals surface area contributed by atoms with Gasteiger partial charge in [0.05, 0.1) is 16.7 Å². The Kier molecular flexibility index (Phi) is 4.94. The number of halogens is 4. The molecule has 2 aromatic rings. The van der Waals surface area contributed by atoms with E-state index in [0.717, 1.165) is 10.4 Å². The van der Waals surface area contributed by atoms with Gasteiger partial charge in [-0.1, -0.05) is 0 Å². The molecule has 1 unspecified atom stereocenters. The van der Waals surface area contributed by atoms with Gasteiger partial charge in [0.1, 0.15) is 5.69 Å². The number of piperidine rings is 1. The largest absolute Gasteiger partial charge is 0.354 e. The van der Waals surface area contributed by atoms with Crippen LogP contribution in [0.3, 0.4) is 0 Å². The van der Waals surface area contributed by atoms with Crippen molar-refractivity contribution in [2.45, 2.75) is 32.1 Å². The van der Waals surface area contributed by atoms with Gasteiger partial charge < -0.3 is 9.80 Å². The maximum absolute atomic E-state index is 15.0. The second kappa shape index (κ2) is 7.21. The van der Waals surface area contributed by atoms with E-state index in [4.69, 9.17) is 0 Å². The minimum absolute atomic E-state index is 0.0102. The number of alkyl halides is 4. The Morgan fingerprint density at radius 1 is 1.13 bits per heavy atom. The molecule has 11 heteroatoms. The van der Waals surface area contributed by atoms with E-state index in [2.05, 4.69) is 15.3 Å². The molecule has 2 aliphatic heterocycles. The van der Waals surface area contributed by atoms with Crippen molar-refractivity contribution in [3.8, 4) is 0 Å². The van der Waals surface area contributed by atoms with Gasteiger partial charge in [-0.2, -0.15) is 10.2 Å². The van der Waals surface area contributed by atoms with Crippen molar-refractivity contribution in [2.24, 2.45) is 12.5 Å². The molecule has 0 aromatic carbocycles. The van der Waals surface area contributed by atoms with Gasteiger partial charge in [-0.3, -0.25) is 9.48 Å². The number of rotatable bonds is 3. The first-order chi connectivity index (χ1) is 14.1. The lowest BCUT2D eigenvalue weighted by Crippen LogP contribution is -2.58. The fraction of sp³-hybridized carbons (Fsp3) is 0.579. The van der Waals surface area contributed by atoms with Crippen molar-refractivity contribution < 1.29 is 22.4 Å². The van der Waals surface area contributed by atoms with E-state index in [1.165, 1.54) is 18.1 Å². The average molecular weight is 426 g/mol. The number of aromatic nitrogens is 4. The summed E-state index contributed by atoms with van der Waals surface area (Å²) in [6, 6.07) is 3.49. The van der Waals surface area contributed by atoms with Gasteiger partial charge in [-0.15, -0.1) is 5.10 Å². The average Bonchev–Trinajstić information content (AvgIpc) is 3.29. The van der Waals surface area contributed by atoms with Crippen molar-refractivity contribution in [3.05, 3.63) is 35.3 Å². The van der Waals surface area contributed by atoms with Crippen molar-refractivity contribution in [3.63, 3.8) is 0 Å². The molecule has 0 aliphatic carbocycles. The predicted molar refractivity (Wildman–Crippen MR) is 99.7 cm³/mol. The molecule has 2 aliphatic rings. The van der Waals surface area contributed by atoms with Gasteiger partial charge in [-0.25, -0.2) is 17.6 Å². The summed E-state index contributed by atoms with van der Waals surface area (Å²) in [6.07, 6.45) is -2.07. The lowest BCUT2D eigenvalue weighted by atomic mass is 9.75. The fourth-order valence-corrected chi connectivity index (χ4v) is 4.33. The van der Waals surface area contributed by atoms with E-state index in [9.17, 15) is 13.6 Å². The van der Waals surface area contributed by atoms with E-state index in [0.29, 0.717) is 12.4 Å². The highest BCUT2D eigenvalue weighted by molar-refractivity contribution is 5.95. The highest BCUT2D eigenvalue weighted by atomic mass is 19.3. The van der Waals surface area contributed by atoms with Crippen molar-refractivity contribution in [1.82, 2.24) is 24.9 Å². The topological polar surface area (TPSA) is 67.2 Å². The maximum Gasteiger partial charge on any atom is 0.282 e. The minimum Gasteiger partial charge on any atom is -0.354 e. The maximum atomic E-state index is 15.0. The number of carbonyl (C=O) groups excluding carboxylic acids is 1. The zero-order valence-corrected chi connectivity index (χ0v) is 16.7. The summed E-state index contributed by atoms with van der Waals surface area (Å²) in [5, 5.41) is 11.7. The highest BCUT2D eigenvalue weighted by Gasteiger charge is 2.60. The van der Waals surface area contributed by atoms with Crippen molar-refractivity contribution in [2.75, 3.05) is 31.1 Å². The molecule has 1 amide bonds. The SMILES string of the molecule is Cc1ccc(N2CCC3(CN(C(=O)c4cn(C)nc4C(F)F)CCC3(F)F)C2)nn1. The van der Waals surface area contributed by atoms with E-state index < -0.39 is 35.8 Å². The zero-order chi connectivity index (χ0) is 21.7. The van der Waals surface area contributed by atoms with E-state index in [-0.39, 0.29) is 31.6 Å². The fourth-order valence-electron chi connectivity index (χ4n) is 4.33. The molecule has 4 heterocycles. The Morgan fingerprint density at radius 2 is 1.90 bits per heavy atom. The summed E-state index contributed by atoms with van der Waals surface area (Å²) >= 11 is 0. The van der Waals surface area contributed by atoms with Gasteiger partial charge in [0.15, 0.2) is 5.82 Å². The first-order valence-electron chi connectivity index (χ1n) is 9.66. The van der Waals surface area contributed by atoms with Gasteiger partial charge in [0.25, 0.3) is 18.3 Å². The van der Waals surface area contributed by atoms with Crippen LogP contribution < -0.4 is 4.90 Å². The summed E-state index contributed by atoms with van der Waals surface area (Å²) in [4.78, 5) is 15.9. The number of nitrogens with zero attached hydrogens (tertiary/aromatic N) is 6. The number of hydrogen-bond donors (Lipinski definition) is 0. The summed E-state index contributed by atoms with van der Waals surface area (Å²) < 4.78 is 57.7. The van der Waals surface area contributed by atoms with Gasteiger partial charge >= 0.3 is 0 Å². The first kappa shape index (κ1) is 20.5. The number of amides is 1. The molecular formula is C19H22F4N6O. The van der Waals surface area contributed by atoms with Crippen LogP contribution in [0.1, 0.15) is 41.0 Å². The Hall–Kier alpha value is -2.72. The molecule has 162 valence electrons. The van der Waals surface area contributed by atoms with Crippen LogP contribution in [-0.2, 0) is 7.05 Å². The monoisotopic (exact) mass is 426 g/mol. The Labute approximate surface area is 170 Å². The third-order valence-electron chi connectivity index (χ3n) is 6.01. The third-order valence-corrected chi connectivity index (χ3v) is 6.01. The molecule has 0 radical (unpaired) electrons. The standard InChI is InChI=1S/C19H22F4N6O/c1-12-3-4-14(25-24-12)28-7-5-18(10-28)11-29(8-6-19(18,22)23)17(30)13-9-27(2)26-15(13)16(20)21/h3-4,9,16H,5-8,10-11H2,1-2H3. The minimum atomic E-state index is -2.99. The Balaban J connectivity index is 1.58. The number of likely N-dealkylation sites (tertiary alicyclic amines) is 1. The molecule has 0 N–H and O–H groups in total. The van der Waals surface area contributed by atoms with Gasteiger partial charge in [0.2, 0.25) is 0 Å². The normalized spacial score (nSPS) is 23.6. The molecule has 4 rings (SSSR count). The number of hydrogen-bond acceptors (Lipinski definition) is 5. The summed E-state index contributed by atoms with van der Waals surface area (Å²) in [6.45, 7) is 1.73. The molecule has 0 saturated carbocycles. The lowest BCUT2D eigenvalue weighted by Gasteiger charge is -2.45. The van der Waals surface area contributed by atoms with E-state index in [1.54, 1.807) is 24.0 Å². The first-order valence-corrected chi connectivity index (χ1v) is 9.66. The predicted octanol–water partition coefficient (Wildman–Crippen LogP) is 2.83. The summed E-state index contributed by atoms with van der Waals surface area (Å²) in [7, 11) is 1.44. The molecule has 2 fully saturated rings. The number of carbonyl (C=O) groups is 1. The molecular weight excluding hydrogens is 404 g/mol. The van der Waals surface area contributed by atoms with Crippen LogP contribution in [0, 0.1) is 12.3 Å². The molecule has 2 aromatic heterocycles. The molecule has 1 spiro atoms. The van der Waals surface area contributed by atoms with E-state index in [1.807, 2.05) is 0 Å². The Morgan fingerprint density at radius 3 is 2.57 bits per heavy atom. The van der Waals surface area contributed by atoms with Crippen LogP contribution in [0.5, 0.6) is 0 Å². The van der Waals surface area contributed by atoms with Crippen LogP contribution in [0.25, 0.3) is 0 Å². The van der Waals surface area contributed by atoms with Crippen molar-refractivity contribution in [1.29, 1.82) is 0 Å². The van der Waals surface area contributed by atoms with Crippen LogP contribution in [0.15, 0.2) is 18.3 Å². The molecule has 0 bridgehead atoms. The van der Waals surface area contributed by atoms with Crippen molar-refractivity contribution >= 4 is 11.7 Å². The summed E-state index contributed by atoms with van der Waals surface area (Å²) in [5.74, 6) is -3.18. The zero-order valence-electron chi connectivity index (χ0n) is 16.7. The number of anilines is 1. The van der Waals surface area contributed by atoms with Crippen LogP contribution in [0.4, 0.5) is 23.4 Å². The second-order valence-corrected chi connectivity index (χ2v) is 8.07. The van der Waals surface area contributed by atoms with Gasteiger partial charge in [0, 0.05) is 45.8 Å². The summed E-state index contributed by atoms with van der Waals surface area (Å²) in [5.41, 5.74) is -1.62. The van der Waals surface area contributed by atoms with Crippen LogP contribution in [0.2, 0.25) is 0 Å². The third kappa shape index (κ3) is 3.39. The second-order valence-electron chi connectivity index (χ2n) is 8.07. The smallest absolute Gasteiger partial charge is 0.282 e. The van der Waals surface area contributed by atoms with Crippen LogP contribution in [-0.4, -0.2) is 62.9 Å². The molecule has 7 nitrogen and oxygen atoms in total. The highest BCUT2D eigenvalue weighted by Crippen LogP contribution is 2.50. The van der Waals surface area contributed by atoms with Gasteiger partial charge in [-0.05, 0) is 25.5 Å². The molecule has 2 saturated heterocycles. The lowest BCUT2D eigenvalue weighted by molar-refractivity contribution is -0.150. The van der Waals surface area contributed by atoms with Crippen LogP contribution >= 0.6 is 0 Å². The molecule has 1 atom stereocenters. The quantitative estimate of drug-likeness (QED) is 0.707. The van der Waals surface area contributed by atoms with E-state index >= 15 is 8.78 Å². The molecule has 30 heavy (non-hydrogen) atoms. The number of aryl methyl sites for hydroxylation is 2. The Bertz CT molecular complexity index is 947.